The van der Waals surface area contributed by atoms with E-state index in [-0.39, 0.29) is 5.56 Å². The summed E-state index contributed by atoms with van der Waals surface area (Å²) < 4.78 is 1.67. The highest BCUT2D eigenvalue weighted by molar-refractivity contribution is 5.65. The third kappa shape index (κ3) is 2.38. The Morgan fingerprint density at radius 3 is 2.92 bits per heavy atom. The van der Waals surface area contributed by atoms with Crippen LogP contribution in [0.3, 0.4) is 0 Å². The highest BCUT2D eigenvalue weighted by atomic mass is 16.3. The average molecular weight is 328 g/mol. The first-order chi connectivity index (χ1) is 11.4. The van der Waals surface area contributed by atoms with Crippen LogP contribution in [0, 0.1) is 0 Å². The van der Waals surface area contributed by atoms with Crippen LogP contribution in [0.25, 0.3) is 16.9 Å². The van der Waals surface area contributed by atoms with Crippen LogP contribution in [-0.4, -0.2) is 48.4 Å². The summed E-state index contributed by atoms with van der Waals surface area (Å²) in [6, 6.07) is 3.48. The summed E-state index contributed by atoms with van der Waals surface area (Å²) in [4.78, 5) is 34.4. The lowest BCUT2D eigenvalue weighted by atomic mass is 10.1. The van der Waals surface area contributed by atoms with Crippen LogP contribution in [0.5, 0.6) is 0 Å². The van der Waals surface area contributed by atoms with Crippen molar-refractivity contribution in [3.63, 3.8) is 0 Å². The Labute approximate surface area is 135 Å². The summed E-state index contributed by atoms with van der Waals surface area (Å²) >= 11 is 0. The van der Waals surface area contributed by atoms with Gasteiger partial charge in [-0.25, -0.2) is 9.78 Å². The van der Waals surface area contributed by atoms with Crippen LogP contribution >= 0.6 is 0 Å². The van der Waals surface area contributed by atoms with E-state index in [1.165, 1.54) is 6.20 Å². The summed E-state index contributed by atoms with van der Waals surface area (Å²) in [7, 11) is 0. The predicted octanol–water partition coefficient (Wildman–Crippen LogP) is -0.266. The molecule has 1 aliphatic rings. The quantitative estimate of drug-likeness (QED) is 0.596. The van der Waals surface area contributed by atoms with Gasteiger partial charge in [-0.3, -0.25) is 9.78 Å². The van der Waals surface area contributed by atoms with Crippen LogP contribution in [0.1, 0.15) is 13.3 Å². The maximum absolute atomic E-state index is 12.1. The summed E-state index contributed by atoms with van der Waals surface area (Å²) in [5.41, 5.74) is -0.551. The molecule has 1 fully saturated rings. The Kier molecular flexibility index (Phi) is 3.07. The normalized spacial score (nSPS) is 20.8. The van der Waals surface area contributed by atoms with Crippen molar-refractivity contribution in [3.8, 4) is 11.3 Å². The summed E-state index contributed by atoms with van der Waals surface area (Å²) in [6.07, 6.45) is 3.62. The molecule has 4 rings (SSSR count). The third-order valence-corrected chi connectivity index (χ3v) is 4.21. The van der Waals surface area contributed by atoms with Gasteiger partial charge in [-0.1, -0.05) is 0 Å². The molecule has 9 heteroatoms. The van der Waals surface area contributed by atoms with Crippen LogP contribution in [0.4, 0.5) is 5.82 Å². The lowest BCUT2D eigenvalue weighted by Crippen LogP contribution is -2.30. The summed E-state index contributed by atoms with van der Waals surface area (Å²) in [5, 5.41) is 14.5. The lowest BCUT2D eigenvalue weighted by Gasteiger charge is -2.21. The largest absolute Gasteiger partial charge is 0.388 e. The Hall–Kier alpha value is -2.94. The second-order valence-corrected chi connectivity index (χ2v) is 6.25. The molecule has 3 N–H and O–H groups in total. The predicted molar refractivity (Wildman–Crippen MR) is 87.1 cm³/mol. The van der Waals surface area contributed by atoms with E-state index in [0.29, 0.717) is 30.9 Å². The van der Waals surface area contributed by atoms with Gasteiger partial charge in [-0.2, -0.15) is 9.61 Å². The molecule has 0 saturated carbocycles. The Morgan fingerprint density at radius 2 is 2.21 bits per heavy atom. The van der Waals surface area contributed by atoms with E-state index < -0.39 is 16.9 Å². The van der Waals surface area contributed by atoms with Gasteiger partial charge in [-0.05, 0) is 13.3 Å². The Balaban J connectivity index is 1.89. The summed E-state index contributed by atoms with van der Waals surface area (Å²) in [6.45, 7) is 2.93. The molecule has 124 valence electrons. The molecule has 1 unspecified atom stereocenters. The molecule has 0 radical (unpaired) electrons. The number of rotatable bonds is 2. The van der Waals surface area contributed by atoms with Crippen molar-refractivity contribution in [2.45, 2.75) is 18.9 Å². The number of nitrogens with one attached hydrogen (secondary N) is 2. The van der Waals surface area contributed by atoms with Gasteiger partial charge in [0.05, 0.1) is 23.1 Å². The van der Waals surface area contributed by atoms with Gasteiger partial charge in [0.1, 0.15) is 5.82 Å². The first-order valence-corrected chi connectivity index (χ1v) is 7.57. The zero-order valence-corrected chi connectivity index (χ0v) is 13.0. The third-order valence-electron chi connectivity index (χ3n) is 4.21. The highest BCUT2D eigenvalue weighted by Crippen LogP contribution is 2.28. The lowest BCUT2D eigenvalue weighted by molar-refractivity contribution is 0.0839. The van der Waals surface area contributed by atoms with Gasteiger partial charge in [-0.15, -0.1) is 0 Å². The molecule has 3 aromatic heterocycles. The van der Waals surface area contributed by atoms with E-state index in [2.05, 4.69) is 20.1 Å². The second kappa shape index (κ2) is 5.03. The van der Waals surface area contributed by atoms with Crippen molar-refractivity contribution in [1.82, 2.24) is 24.6 Å². The number of β-amino-alcohol motifs (C(OH)–C–C–N with tert-alkyl or cyclic N) is 1. The number of nitrogens with zero attached hydrogens (tertiary/aromatic N) is 4. The van der Waals surface area contributed by atoms with E-state index in [1.807, 2.05) is 4.90 Å². The van der Waals surface area contributed by atoms with Gasteiger partial charge in [0.15, 0.2) is 5.65 Å². The number of aromatic amines is 2. The zero-order valence-electron chi connectivity index (χ0n) is 13.0. The maximum atomic E-state index is 12.1. The number of aromatic nitrogens is 5. The van der Waals surface area contributed by atoms with Crippen LogP contribution in [0.15, 0.2) is 34.1 Å². The molecule has 0 aliphatic carbocycles. The van der Waals surface area contributed by atoms with Crippen molar-refractivity contribution >= 4 is 11.5 Å². The SMILES string of the molecule is CC1(O)CCN(c2cc(-c3c[nH]c(=O)[nH]c3=O)nc3ccnn23)C1. The standard InChI is InChI=1S/C15H16N6O3/c1-15(24)3-5-20(8-15)12-6-10(18-11-2-4-17-21(11)12)9-7-16-14(23)19-13(9)22/h2,4,6-7,24H,3,5,8H2,1H3,(H2,16,19,22,23). The van der Waals surface area contributed by atoms with Crippen LogP contribution < -0.4 is 16.1 Å². The number of H-pyrrole nitrogens is 2. The topological polar surface area (TPSA) is 119 Å². The van der Waals surface area contributed by atoms with E-state index in [0.717, 1.165) is 5.82 Å². The minimum absolute atomic E-state index is 0.269. The molecule has 0 spiro atoms. The van der Waals surface area contributed by atoms with E-state index in [9.17, 15) is 14.7 Å². The molecule has 24 heavy (non-hydrogen) atoms. The second-order valence-electron chi connectivity index (χ2n) is 6.25. The number of aliphatic hydroxyl groups is 1. The molecule has 1 aliphatic heterocycles. The fourth-order valence-corrected chi connectivity index (χ4v) is 3.00. The fourth-order valence-electron chi connectivity index (χ4n) is 3.00. The van der Waals surface area contributed by atoms with Crippen molar-refractivity contribution in [2.24, 2.45) is 0 Å². The van der Waals surface area contributed by atoms with Gasteiger partial charge in [0, 0.05) is 31.4 Å². The zero-order chi connectivity index (χ0) is 16.9. The minimum atomic E-state index is -0.766. The molecule has 4 heterocycles. The first-order valence-electron chi connectivity index (χ1n) is 7.57. The Bertz CT molecular complexity index is 1030. The maximum Gasteiger partial charge on any atom is 0.325 e. The smallest absolute Gasteiger partial charge is 0.325 e. The van der Waals surface area contributed by atoms with Crippen molar-refractivity contribution in [2.75, 3.05) is 18.0 Å². The van der Waals surface area contributed by atoms with E-state index >= 15 is 0 Å². The van der Waals surface area contributed by atoms with Crippen molar-refractivity contribution in [1.29, 1.82) is 0 Å². The first kappa shape index (κ1) is 14.6. The number of hydrogen-bond donors (Lipinski definition) is 3. The van der Waals surface area contributed by atoms with Gasteiger partial charge in [0.25, 0.3) is 5.56 Å². The summed E-state index contributed by atoms with van der Waals surface area (Å²) in [5.74, 6) is 0.739. The minimum Gasteiger partial charge on any atom is -0.388 e. The van der Waals surface area contributed by atoms with E-state index in [4.69, 9.17) is 0 Å². The average Bonchev–Trinajstić information content (AvgIpc) is 3.12. The van der Waals surface area contributed by atoms with Crippen molar-refractivity contribution < 1.29 is 5.11 Å². The number of hydrogen-bond acceptors (Lipinski definition) is 6. The molecule has 0 aromatic carbocycles. The van der Waals surface area contributed by atoms with Crippen LogP contribution in [-0.2, 0) is 0 Å². The Morgan fingerprint density at radius 1 is 1.38 bits per heavy atom. The van der Waals surface area contributed by atoms with E-state index in [1.54, 1.807) is 29.8 Å². The van der Waals surface area contributed by atoms with Crippen LogP contribution in [0.2, 0.25) is 0 Å². The highest BCUT2D eigenvalue weighted by Gasteiger charge is 2.33. The molecule has 0 bridgehead atoms. The molecule has 1 saturated heterocycles. The molecular formula is C15H16N6O3. The monoisotopic (exact) mass is 328 g/mol. The van der Waals surface area contributed by atoms with Gasteiger partial charge in [0.2, 0.25) is 0 Å². The molecular weight excluding hydrogens is 312 g/mol. The fraction of sp³-hybridized carbons (Fsp3) is 0.333. The molecule has 1 atom stereocenters. The number of fused-ring (bicyclic) bond motifs is 1. The number of anilines is 1. The molecule has 0 amide bonds. The van der Waals surface area contributed by atoms with Gasteiger partial charge < -0.3 is 15.0 Å². The van der Waals surface area contributed by atoms with Crippen molar-refractivity contribution in [3.05, 3.63) is 45.4 Å². The van der Waals surface area contributed by atoms with Gasteiger partial charge >= 0.3 is 5.69 Å². The molecule has 3 aromatic rings. The molecule has 9 nitrogen and oxygen atoms in total.